The third-order valence-electron chi connectivity index (χ3n) is 3.26. The van der Waals surface area contributed by atoms with Gasteiger partial charge in [-0.05, 0) is 24.8 Å². The van der Waals surface area contributed by atoms with Gasteiger partial charge in [-0.15, -0.1) is 0 Å². The minimum atomic E-state index is 0.424. The van der Waals surface area contributed by atoms with Crippen molar-refractivity contribution in [3.05, 3.63) is 18.2 Å². The second kappa shape index (κ2) is 3.39. The lowest BCUT2D eigenvalue weighted by atomic mass is 9.98. The van der Waals surface area contributed by atoms with Gasteiger partial charge in [0.25, 0.3) is 0 Å². The zero-order chi connectivity index (χ0) is 10.2. The van der Waals surface area contributed by atoms with E-state index in [0.29, 0.717) is 11.5 Å². The molecule has 3 nitrogen and oxygen atoms in total. The molecule has 1 fully saturated rings. The molecule has 0 saturated heterocycles. The minimum absolute atomic E-state index is 0.424. The standard InChI is InChI=1S/C11H19N3/c1-4-12-9(11(2)5-6-11)10-13-7-8-14(10)3/h7-9,12H,4-6H2,1-3H3. The van der Waals surface area contributed by atoms with E-state index in [2.05, 4.69) is 35.8 Å². The summed E-state index contributed by atoms with van der Waals surface area (Å²) in [6, 6.07) is 0.424. The van der Waals surface area contributed by atoms with Crippen LogP contribution in [0.5, 0.6) is 0 Å². The Bertz CT molecular complexity index is 312. The summed E-state index contributed by atoms with van der Waals surface area (Å²) in [6.07, 6.45) is 6.53. The van der Waals surface area contributed by atoms with Crippen LogP contribution in [0.25, 0.3) is 0 Å². The van der Waals surface area contributed by atoms with Crippen molar-refractivity contribution in [1.29, 1.82) is 0 Å². The van der Waals surface area contributed by atoms with Gasteiger partial charge in [0.15, 0.2) is 0 Å². The van der Waals surface area contributed by atoms with Gasteiger partial charge in [0.05, 0.1) is 6.04 Å². The SMILES string of the molecule is CCNC(c1nccn1C)C1(C)CC1. The summed E-state index contributed by atoms with van der Waals surface area (Å²) in [5, 5.41) is 3.54. The number of aryl methyl sites for hydroxylation is 1. The van der Waals surface area contributed by atoms with E-state index in [1.165, 1.54) is 18.7 Å². The molecule has 1 saturated carbocycles. The fourth-order valence-electron chi connectivity index (χ4n) is 1.99. The number of hydrogen-bond acceptors (Lipinski definition) is 2. The predicted octanol–water partition coefficient (Wildman–Crippen LogP) is 1.87. The molecule has 14 heavy (non-hydrogen) atoms. The lowest BCUT2D eigenvalue weighted by molar-refractivity contribution is 0.350. The number of hydrogen-bond donors (Lipinski definition) is 1. The van der Waals surface area contributed by atoms with Crippen LogP contribution < -0.4 is 5.32 Å². The quantitative estimate of drug-likeness (QED) is 0.791. The van der Waals surface area contributed by atoms with Crippen LogP contribution in [0.1, 0.15) is 38.6 Å². The molecule has 78 valence electrons. The van der Waals surface area contributed by atoms with Crippen molar-refractivity contribution in [3.8, 4) is 0 Å². The first-order chi connectivity index (χ1) is 6.67. The van der Waals surface area contributed by atoms with Gasteiger partial charge in [-0.2, -0.15) is 0 Å². The molecule has 0 spiro atoms. The van der Waals surface area contributed by atoms with Crippen LogP contribution in [-0.4, -0.2) is 16.1 Å². The van der Waals surface area contributed by atoms with E-state index in [-0.39, 0.29) is 0 Å². The van der Waals surface area contributed by atoms with Crippen LogP contribution in [0.15, 0.2) is 12.4 Å². The summed E-state index contributed by atoms with van der Waals surface area (Å²) in [4.78, 5) is 4.44. The van der Waals surface area contributed by atoms with Crippen LogP contribution >= 0.6 is 0 Å². The molecule has 2 rings (SSSR count). The Morgan fingerprint density at radius 2 is 2.36 bits per heavy atom. The Morgan fingerprint density at radius 3 is 2.79 bits per heavy atom. The van der Waals surface area contributed by atoms with Crippen molar-refractivity contribution < 1.29 is 0 Å². The molecular weight excluding hydrogens is 174 g/mol. The van der Waals surface area contributed by atoms with Crippen LogP contribution in [0.4, 0.5) is 0 Å². The van der Waals surface area contributed by atoms with E-state index in [9.17, 15) is 0 Å². The molecule has 1 atom stereocenters. The van der Waals surface area contributed by atoms with E-state index in [1.807, 2.05) is 12.4 Å². The molecule has 1 aromatic rings. The summed E-state index contributed by atoms with van der Waals surface area (Å²) >= 11 is 0. The Balaban J connectivity index is 2.23. The van der Waals surface area contributed by atoms with Gasteiger partial charge in [-0.25, -0.2) is 4.98 Å². The van der Waals surface area contributed by atoms with Crippen LogP contribution in [0.3, 0.4) is 0 Å². The van der Waals surface area contributed by atoms with E-state index >= 15 is 0 Å². The maximum Gasteiger partial charge on any atom is 0.126 e. The molecule has 1 N–H and O–H groups in total. The Morgan fingerprint density at radius 1 is 1.64 bits per heavy atom. The number of nitrogens with zero attached hydrogens (tertiary/aromatic N) is 2. The van der Waals surface area contributed by atoms with Gasteiger partial charge >= 0.3 is 0 Å². The first-order valence-electron chi connectivity index (χ1n) is 5.38. The molecule has 1 aliphatic rings. The Hall–Kier alpha value is -0.830. The topological polar surface area (TPSA) is 29.9 Å². The molecule has 1 aliphatic carbocycles. The molecule has 0 amide bonds. The maximum absolute atomic E-state index is 4.44. The first kappa shape index (κ1) is 9.71. The Kier molecular flexibility index (Phi) is 2.35. The normalized spacial score (nSPS) is 20.8. The molecule has 0 aliphatic heterocycles. The zero-order valence-electron chi connectivity index (χ0n) is 9.25. The summed E-state index contributed by atoms with van der Waals surface area (Å²) < 4.78 is 2.12. The minimum Gasteiger partial charge on any atom is -0.337 e. The van der Waals surface area contributed by atoms with E-state index < -0.39 is 0 Å². The van der Waals surface area contributed by atoms with Crippen LogP contribution in [0.2, 0.25) is 0 Å². The van der Waals surface area contributed by atoms with Crippen LogP contribution in [-0.2, 0) is 7.05 Å². The summed E-state index contributed by atoms with van der Waals surface area (Å²) in [5.41, 5.74) is 0.440. The highest BCUT2D eigenvalue weighted by Gasteiger charge is 2.46. The molecule has 3 heteroatoms. The summed E-state index contributed by atoms with van der Waals surface area (Å²) in [5.74, 6) is 1.17. The highest BCUT2D eigenvalue weighted by Crippen LogP contribution is 2.53. The molecule has 1 unspecified atom stereocenters. The molecule has 1 heterocycles. The summed E-state index contributed by atoms with van der Waals surface area (Å²) in [6.45, 7) is 5.50. The number of nitrogens with one attached hydrogen (secondary N) is 1. The summed E-state index contributed by atoms with van der Waals surface area (Å²) in [7, 11) is 2.07. The van der Waals surface area contributed by atoms with Gasteiger partial charge in [-0.1, -0.05) is 13.8 Å². The molecule has 0 radical (unpaired) electrons. The van der Waals surface area contributed by atoms with Gasteiger partial charge in [-0.3, -0.25) is 0 Å². The van der Waals surface area contributed by atoms with Crippen LogP contribution in [0, 0.1) is 5.41 Å². The van der Waals surface area contributed by atoms with Gasteiger partial charge in [0, 0.05) is 19.4 Å². The van der Waals surface area contributed by atoms with Gasteiger partial charge < -0.3 is 9.88 Å². The van der Waals surface area contributed by atoms with E-state index in [1.54, 1.807) is 0 Å². The lowest BCUT2D eigenvalue weighted by Crippen LogP contribution is -2.30. The number of aromatic nitrogens is 2. The fourth-order valence-corrected chi connectivity index (χ4v) is 1.99. The molecular formula is C11H19N3. The highest BCUT2D eigenvalue weighted by atomic mass is 15.1. The largest absolute Gasteiger partial charge is 0.337 e. The smallest absolute Gasteiger partial charge is 0.126 e. The molecule has 0 aromatic carbocycles. The number of imidazole rings is 1. The third kappa shape index (κ3) is 1.57. The second-order valence-corrected chi connectivity index (χ2v) is 4.54. The van der Waals surface area contributed by atoms with Crippen molar-refractivity contribution in [1.82, 2.24) is 14.9 Å². The third-order valence-corrected chi connectivity index (χ3v) is 3.26. The van der Waals surface area contributed by atoms with Crippen molar-refractivity contribution in [3.63, 3.8) is 0 Å². The second-order valence-electron chi connectivity index (χ2n) is 4.54. The van der Waals surface area contributed by atoms with Gasteiger partial charge in [0.1, 0.15) is 5.82 Å². The van der Waals surface area contributed by atoms with E-state index in [0.717, 1.165) is 6.54 Å². The fraction of sp³-hybridized carbons (Fsp3) is 0.727. The lowest BCUT2D eigenvalue weighted by Gasteiger charge is -2.23. The van der Waals surface area contributed by atoms with E-state index in [4.69, 9.17) is 0 Å². The van der Waals surface area contributed by atoms with Gasteiger partial charge in [0.2, 0.25) is 0 Å². The van der Waals surface area contributed by atoms with Crippen molar-refractivity contribution >= 4 is 0 Å². The highest BCUT2D eigenvalue weighted by molar-refractivity contribution is 5.10. The Labute approximate surface area is 85.5 Å². The van der Waals surface area contributed by atoms with Crippen molar-refractivity contribution in [2.24, 2.45) is 12.5 Å². The molecule has 0 bridgehead atoms. The first-order valence-corrected chi connectivity index (χ1v) is 5.38. The monoisotopic (exact) mass is 193 g/mol. The number of rotatable bonds is 4. The average molecular weight is 193 g/mol. The average Bonchev–Trinajstić information content (AvgIpc) is 2.75. The molecule has 1 aromatic heterocycles. The zero-order valence-corrected chi connectivity index (χ0v) is 9.25. The maximum atomic E-state index is 4.44. The van der Waals surface area contributed by atoms with Crippen molar-refractivity contribution in [2.45, 2.75) is 32.7 Å². The van der Waals surface area contributed by atoms with Crippen molar-refractivity contribution in [2.75, 3.05) is 6.54 Å². The predicted molar refractivity (Wildman–Crippen MR) is 57.0 cm³/mol.